The third-order valence-corrected chi connectivity index (χ3v) is 7.82. The van der Waals surface area contributed by atoms with Crippen LogP contribution in [0.25, 0.3) is 22.0 Å². The molecule has 0 saturated heterocycles. The highest BCUT2D eigenvalue weighted by Crippen LogP contribution is 2.31. The molecule has 43 heavy (non-hydrogen) atoms. The van der Waals surface area contributed by atoms with Crippen LogP contribution in [0.4, 0.5) is 0 Å². The Bertz CT molecular complexity index is 1790. The van der Waals surface area contributed by atoms with E-state index in [-0.39, 0.29) is 23.1 Å². The highest BCUT2D eigenvalue weighted by molar-refractivity contribution is 6.08. The van der Waals surface area contributed by atoms with Gasteiger partial charge in [-0.2, -0.15) is 0 Å². The molecule has 0 fully saturated rings. The standard InChI is InChI=1S/C37H38N2O4/c1-23-25(3)39(22-26-14-16-28(17-15-26)30-10-7-8-11-31(30)36(41)42)33-13-9-12-32(34(23)33)35(40)38-24(2)27-18-20-29(21-19-27)43-37(4,5)6/h7-21,24H,22H2,1-6H3,(H,38,40)(H,41,42)/t24-/m0/s1. The molecular weight excluding hydrogens is 536 g/mol. The second kappa shape index (κ2) is 11.8. The molecule has 0 bridgehead atoms. The van der Waals surface area contributed by atoms with Crippen molar-refractivity contribution in [2.75, 3.05) is 0 Å². The molecule has 0 unspecified atom stereocenters. The zero-order valence-electron chi connectivity index (χ0n) is 25.6. The molecular formula is C37H38N2O4. The Hall–Kier alpha value is -4.84. The lowest BCUT2D eigenvalue weighted by Gasteiger charge is -2.22. The normalized spacial score (nSPS) is 12.2. The lowest BCUT2D eigenvalue weighted by molar-refractivity contribution is 0.0697. The summed E-state index contributed by atoms with van der Waals surface area (Å²) in [6.45, 7) is 12.8. The van der Waals surface area contributed by atoms with E-state index in [1.807, 2.05) is 100 Å². The maximum absolute atomic E-state index is 13.6. The van der Waals surface area contributed by atoms with Gasteiger partial charge in [-0.3, -0.25) is 4.79 Å². The number of carboxylic acids is 1. The van der Waals surface area contributed by atoms with E-state index in [0.717, 1.165) is 44.6 Å². The summed E-state index contributed by atoms with van der Waals surface area (Å²) in [7, 11) is 0. The molecule has 1 atom stereocenters. The largest absolute Gasteiger partial charge is 0.488 e. The highest BCUT2D eigenvalue weighted by atomic mass is 16.5. The smallest absolute Gasteiger partial charge is 0.336 e. The van der Waals surface area contributed by atoms with Crippen molar-refractivity contribution >= 4 is 22.8 Å². The van der Waals surface area contributed by atoms with Crippen LogP contribution in [0.5, 0.6) is 5.75 Å². The van der Waals surface area contributed by atoms with E-state index in [2.05, 4.69) is 29.8 Å². The van der Waals surface area contributed by atoms with Gasteiger partial charge in [0.1, 0.15) is 11.4 Å². The minimum atomic E-state index is -0.942. The third-order valence-electron chi connectivity index (χ3n) is 7.82. The fourth-order valence-corrected chi connectivity index (χ4v) is 5.55. The van der Waals surface area contributed by atoms with Crippen LogP contribution >= 0.6 is 0 Å². The van der Waals surface area contributed by atoms with E-state index in [4.69, 9.17) is 4.74 Å². The lowest BCUT2D eigenvalue weighted by atomic mass is 9.99. The first kappa shape index (κ1) is 29.6. The number of nitrogens with one attached hydrogen (secondary N) is 1. The Balaban J connectivity index is 1.38. The zero-order chi connectivity index (χ0) is 30.9. The molecule has 5 rings (SSSR count). The number of rotatable bonds is 8. The van der Waals surface area contributed by atoms with E-state index >= 15 is 0 Å². The SMILES string of the molecule is Cc1c(C)n(Cc2ccc(-c3ccccc3C(=O)O)cc2)c2cccc(C(=O)N[C@@H](C)c3ccc(OC(C)(C)C)cc3)c12. The van der Waals surface area contributed by atoms with Crippen LogP contribution < -0.4 is 10.1 Å². The Labute approximate surface area is 252 Å². The number of amides is 1. The second-order valence-electron chi connectivity index (χ2n) is 12.0. The van der Waals surface area contributed by atoms with Crippen LogP contribution in [0.1, 0.15) is 76.8 Å². The number of benzene rings is 4. The van der Waals surface area contributed by atoms with Gasteiger partial charge < -0.3 is 19.7 Å². The van der Waals surface area contributed by atoms with E-state index < -0.39 is 5.97 Å². The van der Waals surface area contributed by atoms with Crippen LogP contribution in [0.15, 0.2) is 91.0 Å². The first-order valence-electron chi connectivity index (χ1n) is 14.5. The molecule has 2 N–H and O–H groups in total. The van der Waals surface area contributed by atoms with Gasteiger partial charge in [-0.05, 0) is 99.7 Å². The van der Waals surface area contributed by atoms with Gasteiger partial charge in [0.2, 0.25) is 0 Å². The van der Waals surface area contributed by atoms with Crippen molar-refractivity contribution in [2.24, 2.45) is 0 Å². The van der Waals surface area contributed by atoms with Crippen LogP contribution in [0.2, 0.25) is 0 Å². The second-order valence-corrected chi connectivity index (χ2v) is 12.0. The lowest BCUT2D eigenvalue weighted by Crippen LogP contribution is -2.27. The van der Waals surface area contributed by atoms with Crippen LogP contribution in [-0.2, 0) is 6.54 Å². The quantitative estimate of drug-likeness (QED) is 0.195. The molecule has 6 nitrogen and oxygen atoms in total. The fraction of sp³-hybridized carbons (Fsp3) is 0.243. The van der Waals surface area contributed by atoms with Crippen molar-refractivity contribution in [2.45, 2.75) is 59.7 Å². The summed E-state index contributed by atoms with van der Waals surface area (Å²) in [6, 6.07) is 28.6. The van der Waals surface area contributed by atoms with Crippen LogP contribution in [0, 0.1) is 13.8 Å². The number of fused-ring (bicyclic) bond motifs is 1. The Morgan fingerprint density at radius 1 is 0.860 bits per heavy atom. The topological polar surface area (TPSA) is 80.6 Å². The van der Waals surface area contributed by atoms with Gasteiger partial charge in [0, 0.05) is 28.7 Å². The summed E-state index contributed by atoms with van der Waals surface area (Å²) >= 11 is 0. The number of aromatic nitrogens is 1. The summed E-state index contributed by atoms with van der Waals surface area (Å²) in [4.78, 5) is 25.3. The number of carbonyl (C=O) groups excluding carboxylic acids is 1. The molecule has 0 spiro atoms. The molecule has 1 heterocycles. The molecule has 4 aromatic carbocycles. The number of nitrogens with zero attached hydrogens (tertiary/aromatic N) is 1. The van der Waals surface area contributed by atoms with E-state index in [1.165, 1.54) is 0 Å². The molecule has 0 aliphatic heterocycles. The molecule has 6 heteroatoms. The van der Waals surface area contributed by atoms with Gasteiger partial charge in [0.05, 0.1) is 11.6 Å². The molecule has 1 amide bonds. The van der Waals surface area contributed by atoms with Gasteiger partial charge in [0.25, 0.3) is 5.91 Å². The van der Waals surface area contributed by atoms with Crippen molar-refractivity contribution in [3.05, 3.63) is 125 Å². The number of aryl methyl sites for hydroxylation is 1. The summed E-state index contributed by atoms with van der Waals surface area (Å²) in [6.07, 6.45) is 0. The maximum atomic E-state index is 13.6. The van der Waals surface area contributed by atoms with Crippen molar-refractivity contribution in [1.82, 2.24) is 9.88 Å². The van der Waals surface area contributed by atoms with E-state index in [9.17, 15) is 14.7 Å². The van der Waals surface area contributed by atoms with Crippen molar-refractivity contribution < 1.29 is 19.4 Å². The average Bonchev–Trinajstić information content (AvgIpc) is 3.21. The van der Waals surface area contributed by atoms with Crippen molar-refractivity contribution in [3.63, 3.8) is 0 Å². The fourth-order valence-electron chi connectivity index (χ4n) is 5.55. The number of aromatic carboxylic acids is 1. The number of hydrogen-bond acceptors (Lipinski definition) is 3. The molecule has 0 radical (unpaired) electrons. The number of carboxylic acid groups (broad SMARTS) is 1. The Morgan fingerprint density at radius 2 is 1.51 bits per heavy atom. The molecule has 0 aliphatic rings. The highest BCUT2D eigenvalue weighted by Gasteiger charge is 2.20. The van der Waals surface area contributed by atoms with Gasteiger partial charge in [0.15, 0.2) is 0 Å². The molecule has 220 valence electrons. The summed E-state index contributed by atoms with van der Waals surface area (Å²) in [5, 5.41) is 13.7. The van der Waals surface area contributed by atoms with E-state index in [0.29, 0.717) is 17.7 Å². The van der Waals surface area contributed by atoms with Crippen molar-refractivity contribution in [1.29, 1.82) is 0 Å². The first-order valence-corrected chi connectivity index (χ1v) is 14.5. The predicted octanol–water partition coefficient (Wildman–Crippen LogP) is 8.34. The molecule has 0 saturated carbocycles. The zero-order valence-corrected chi connectivity index (χ0v) is 25.6. The third kappa shape index (κ3) is 6.33. The molecule has 1 aromatic heterocycles. The van der Waals surface area contributed by atoms with Gasteiger partial charge in [-0.15, -0.1) is 0 Å². The number of hydrogen-bond donors (Lipinski definition) is 2. The minimum Gasteiger partial charge on any atom is -0.488 e. The van der Waals surface area contributed by atoms with E-state index in [1.54, 1.807) is 12.1 Å². The first-order chi connectivity index (χ1) is 20.4. The predicted molar refractivity (Wildman–Crippen MR) is 172 cm³/mol. The Kier molecular flexibility index (Phi) is 8.14. The van der Waals surface area contributed by atoms with Gasteiger partial charge >= 0.3 is 5.97 Å². The summed E-state index contributed by atoms with van der Waals surface area (Å²) < 4.78 is 8.17. The van der Waals surface area contributed by atoms with Crippen LogP contribution in [0.3, 0.4) is 0 Å². The monoisotopic (exact) mass is 574 g/mol. The summed E-state index contributed by atoms with van der Waals surface area (Å²) in [5.41, 5.74) is 7.46. The van der Waals surface area contributed by atoms with Gasteiger partial charge in [-0.25, -0.2) is 4.79 Å². The number of carbonyl (C=O) groups is 2. The Morgan fingerprint density at radius 3 is 2.16 bits per heavy atom. The van der Waals surface area contributed by atoms with Gasteiger partial charge in [-0.1, -0.05) is 60.7 Å². The minimum absolute atomic E-state index is 0.116. The maximum Gasteiger partial charge on any atom is 0.336 e. The molecule has 5 aromatic rings. The van der Waals surface area contributed by atoms with Crippen molar-refractivity contribution in [3.8, 4) is 16.9 Å². The number of ether oxygens (including phenoxy) is 1. The summed E-state index contributed by atoms with van der Waals surface area (Å²) in [5.74, 6) is -0.260. The molecule has 0 aliphatic carbocycles. The van der Waals surface area contributed by atoms with Crippen LogP contribution in [-0.4, -0.2) is 27.2 Å². The average molecular weight is 575 g/mol.